The van der Waals surface area contributed by atoms with E-state index in [2.05, 4.69) is 49.8 Å². The van der Waals surface area contributed by atoms with E-state index in [1.165, 1.54) is 31.1 Å². The second-order valence-corrected chi connectivity index (χ2v) is 6.22. The molecule has 0 amide bonds. The summed E-state index contributed by atoms with van der Waals surface area (Å²) in [6, 6.07) is 4.55. The second-order valence-electron chi connectivity index (χ2n) is 3.91. The predicted octanol–water partition coefficient (Wildman–Crippen LogP) is 1.61. The number of aromatic nitrogens is 2. The van der Waals surface area contributed by atoms with Crippen LogP contribution in [-0.2, 0) is 17.1 Å². The van der Waals surface area contributed by atoms with Crippen LogP contribution in [0.5, 0.6) is 0 Å². The molecule has 3 heteroatoms. The van der Waals surface area contributed by atoms with Crippen molar-refractivity contribution in [1.29, 1.82) is 0 Å². The van der Waals surface area contributed by atoms with Gasteiger partial charge < -0.3 is 0 Å². The Balaban J connectivity index is 2.29. The van der Waals surface area contributed by atoms with Crippen LogP contribution in [0.15, 0.2) is 12.1 Å². The van der Waals surface area contributed by atoms with Gasteiger partial charge in [0.05, 0.1) is 0 Å². The molecule has 0 aliphatic carbocycles. The molecule has 0 aliphatic rings. The van der Waals surface area contributed by atoms with Gasteiger partial charge in [-0.2, -0.15) is 0 Å². The Hall–Kier alpha value is -0.817. The number of hydrogen-bond donors (Lipinski definition) is 2. The quantitative estimate of drug-likeness (QED) is 0.787. The van der Waals surface area contributed by atoms with E-state index in [1.807, 2.05) is 0 Å². The van der Waals surface area contributed by atoms with Gasteiger partial charge in [0.2, 0.25) is 0 Å². The summed E-state index contributed by atoms with van der Waals surface area (Å²) in [5.74, 6) is 0. The first-order valence-electron chi connectivity index (χ1n) is 5.01. The molecule has 15 heavy (non-hydrogen) atoms. The van der Waals surface area contributed by atoms with E-state index in [9.17, 15) is 0 Å². The summed E-state index contributed by atoms with van der Waals surface area (Å²) in [6.45, 7) is 8.55. The Morgan fingerprint density at radius 2 is 1.20 bits per heavy atom. The van der Waals surface area contributed by atoms with Crippen molar-refractivity contribution in [1.82, 2.24) is 9.97 Å². The maximum atomic E-state index is 3.37. The zero-order valence-electron chi connectivity index (χ0n) is 9.51. The van der Waals surface area contributed by atoms with Gasteiger partial charge in [-0.05, 0) is 0 Å². The van der Waals surface area contributed by atoms with Crippen molar-refractivity contribution in [3.8, 4) is 0 Å². The van der Waals surface area contributed by atoms with Gasteiger partial charge in [-0.3, -0.25) is 0 Å². The molecule has 0 radical (unpaired) electrons. The molecule has 2 rings (SSSR count). The molecule has 0 aliphatic heterocycles. The fraction of sp³-hybridized carbons (Fsp3) is 0.333. The van der Waals surface area contributed by atoms with Gasteiger partial charge in [0.1, 0.15) is 0 Å². The van der Waals surface area contributed by atoms with Crippen LogP contribution in [0.4, 0.5) is 0 Å². The van der Waals surface area contributed by atoms with Gasteiger partial charge in [-0.1, -0.05) is 0 Å². The number of aryl methyl sites for hydroxylation is 4. The number of rotatable bonds is 2. The van der Waals surface area contributed by atoms with Crippen LogP contribution in [-0.4, -0.2) is 9.97 Å². The summed E-state index contributed by atoms with van der Waals surface area (Å²) >= 11 is 0.156. The molecule has 2 heterocycles. The molecule has 0 saturated carbocycles. The summed E-state index contributed by atoms with van der Waals surface area (Å²) in [4.78, 5) is 6.73. The Kier molecular flexibility index (Phi) is 2.83. The average molecular weight is 289 g/mol. The normalized spacial score (nSPS) is 11.2. The molecule has 2 aromatic rings. The minimum absolute atomic E-state index is 0.156. The number of H-pyrrole nitrogens is 2. The topological polar surface area (TPSA) is 31.6 Å². The molecule has 0 atom stereocenters. The zero-order valence-corrected chi connectivity index (χ0v) is 11.2. The fourth-order valence-electron chi connectivity index (χ4n) is 1.65. The molecule has 0 aromatic carbocycles. The molecule has 2 aromatic heterocycles. The molecule has 2 N–H and O–H groups in total. The first-order valence-corrected chi connectivity index (χ1v) is 6.75. The molecule has 0 bridgehead atoms. The predicted molar refractivity (Wildman–Crippen MR) is 59.8 cm³/mol. The summed E-state index contributed by atoms with van der Waals surface area (Å²) in [7, 11) is 0. The molecule has 2 nitrogen and oxygen atoms in total. The Labute approximate surface area is 98.1 Å². The molecular formula is C12H16N2Ru. The van der Waals surface area contributed by atoms with Crippen LogP contribution >= 0.6 is 0 Å². The molecule has 0 spiro atoms. The van der Waals surface area contributed by atoms with Crippen LogP contribution in [0.25, 0.3) is 0 Å². The Morgan fingerprint density at radius 3 is 1.47 bits per heavy atom. The van der Waals surface area contributed by atoms with E-state index >= 15 is 0 Å². The van der Waals surface area contributed by atoms with Gasteiger partial charge in [-0.15, -0.1) is 0 Å². The van der Waals surface area contributed by atoms with E-state index < -0.39 is 0 Å². The van der Waals surface area contributed by atoms with E-state index in [1.54, 1.807) is 0 Å². The zero-order chi connectivity index (χ0) is 11.0. The van der Waals surface area contributed by atoms with E-state index in [0.717, 1.165) is 0 Å². The van der Waals surface area contributed by atoms with Crippen LogP contribution < -0.4 is 8.32 Å². The average Bonchev–Trinajstić information content (AvgIpc) is 2.58. The first kappa shape index (κ1) is 10.7. The third kappa shape index (κ3) is 2.23. The van der Waals surface area contributed by atoms with Crippen molar-refractivity contribution in [2.45, 2.75) is 27.7 Å². The molecule has 82 valence electrons. The number of aromatic amines is 2. The van der Waals surface area contributed by atoms with Gasteiger partial charge in [0.25, 0.3) is 0 Å². The van der Waals surface area contributed by atoms with Crippen molar-refractivity contribution < 1.29 is 17.1 Å². The maximum absolute atomic E-state index is 3.37. The summed E-state index contributed by atoms with van der Waals surface area (Å²) < 4.78 is 2.98. The Morgan fingerprint density at radius 1 is 0.800 bits per heavy atom. The SMILES string of the molecule is Cc1c[c]([Ru][c]2cc(C)[nH]c2C)c(C)[nH]1. The third-order valence-corrected chi connectivity index (χ3v) is 5.08. The summed E-state index contributed by atoms with van der Waals surface area (Å²) in [5.41, 5.74) is 5.18. The van der Waals surface area contributed by atoms with Gasteiger partial charge in [-0.25, -0.2) is 0 Å². The minimum atomic E-state index is 0.156. The van der Waals surface area contributed by atoms with Crippen molar-refractivity contribution in [3.63, 3.8) is 0 Å². The molecular weight excluding hydrogens is 273 g/mol. The summed E-state index contributed by atoms with van der Waals surface area (Å²) in [6.07, 6.45) is 0. The Bertz CT molecular complexity index is 436. The van der Waals surface area contributed by atoms with Gasteiger partial charge in [0.15, 0.2) is 0 Å². The van der Waals surface area contributed by atoms with Crippen molar-refractivity contribution in [2.75, 3.05) is 0 Å². The van der Waals surface area contributed by atoms with Gasteiger partial charge >= 0.3 is 98.0 Å². The van der Waals surface area contributed by atoms with E-state index in [4.69, 9.17) is 0 Å². The van der Waals surface area contributed by atoms with Gasteiger partial charge in [0, 0.05) is 0 Å². The molecule has 0 saturated heterocycles. The third-order valence-electron chi connectivity index (χ3n) is 2.34. The molecule has 0 fully saturated rings. The molecule has 0 unspecified atom stereocenters. The fourth-order valence-corrected chi connectivity index (χ4v) is 4.03. The summed E-state index contributed by atoms with van der Waals surface area (Å²) in [5, 5.41) is 0. The standard InChI is InChI=1S/2C6H8N.Ru/c2*1-5-3-4-6(2)7-5;/h2*3,7H,1-2H3;. The second kappa shape index (κ2) is 3.98. The van der Waals surface area contributed by atoms with Crippen LogP contribution in [0.1, 0.15) is 22.8 Å². The van der Waals surface area contributed by atoms with Crippen molar-refractivity contribution in [3.05, 3.63) is 34.9 Å². The monoisotopic (exact) mass is 290 g/mol. The van der Waals surface area contributed by atoms with Crippen LogP contribution in [0.2, 0.25) is 0 Å². The van der Waals surface area contributed by atoms with E-state index in [0.29, 0.717) is 0 Å². The van der Waals surface area contributed by atoms with E-state index in [-0.39, 0.29) is 17.1 Å². The number of hydrogen-bond acceptors (Lipinski definition) is 0. The van der Waals surface area contributed by atoms with Crippen LogP contribution in [0.3, 0.4) is 0 Å². The van der Waals surface area contributed by atoms with Crippen molar-refractivity contribution >= 4 is 8.32 Å². The first-order chi connectivity index (χ1) is 7.06. The van der Waals surface area contributed by atoms with Crippen LogP contribution in [0, 0.1) is 27.7 Å². The van der Waals surface area contributed by atoms with Crippen molar-refractivity contribution in [2.24, 2.45) is 0 Å². The number of nitrogens with one attached hydrogen (secondary N) is 2.